The summed E-state index contributed by atoms with van der Waals surface area (Å²) in [6.45, 7) is 2.31. The van der Waals surface area contributed by atoms with Crippen molar-refractivity contribution in [2.75, 3.05) is 52.5 Å². The van der Waals surface area contributed by atoms with Crippen LogP contribution in [0, 0.1) is 5.82 Å². The van der Waals surface area contributed by atoms with Gasteiger partial charge in [-0.1, -0.05) is 0 Å². The second-order valence-corrected chi connectivity index (χ2v) is 7.92. The molecule has 9 heteroatoms. The summed E-state index contributed by atoms with van der Waals surface area (Å²) in [6.07, 6.45) is 3.16. The van der Waals surface area contributed by atoms with Gasteiger partial charge in [0.2, 0.25) is 0 Å². The van der Waals surface area contributed by atoms with Gasteiger partial charge in [0.25, 0.3) is 5.56 Å². The van der Waals surface area contributed by atoms with Gasteiger partial charge in [-0.15, -0.1) is 0 Å². The first-order chi connectivity index (χ1) is 16.1. The third kappa shape index (κ3) is 4.65. The van der Waals surface area contributed by atoms with Crippen molar-refractivity contribution >= 4 is 22.3 Å². The number of halogens is 1. The number of aromatic nitrogens is 2. The highest BCUT2D eigenvalue weighted by molar-refractivity contribution is 5.83. The first kappa shape index (κ1) is 23.0. The molecule has 4 rings (SSSR count). The maximum atomic E-state index is 15.3. The highest BCUT2D eigenvalue weighted by Gasteiger charge is 2.21. The molecule has 33 heavy (non-hydrogen) atoms. The fourth-order valence-electron chi connectivity index (χ4n) is 4.15. The Morgan fingerprint density at radius 1 is 1.21 bits per heavy atom. The maximum absolute atomic E-state index is 15.3. The van der Waals surface area contributed by atoms with E-state index in [1.165, 1.54) is 20.3 Å². The quantitative estimate of drug-likeness (QED) is 0.557. The molecule has 0 spiro atoms. The fraction of sp³-hybridized carbons (Fsp3) is 0.417. The molecule has 1 aliphatic rings. The molecular weight excluding hydrogens is 427 g/mol. The summed E-state index contributed by atoms with van der Waals surface area (Å²) in [5.41, 5.74) is 1.47. The minimum absolute atomic E-state index is 0.0623. The van der Waals surface area contributed by atoms with Gasteiger partial charge in [0.15, 0.2) is 11.6 Å². The molecule has 2 heterocycles. The van der Waals surface area contributed by atoms with Crippen LogP contribution in [0.3, 0.4) is 0 Å². The number of ether oxygens (including phenoxy) is 3. The third-order valence-corrected chi connectivity index (χ3v) is 5.99. The van der Waals surface area contributed by atoms with Crippen molar-refractivity contribution in [2.45, 2.75) is 18.9 Å². The van der Waals surface area contributed by atoms with Crippen molar-refractivity contribution in [1.82, 2.24) is 14.9 Å². The smallest absolute Gasteiger partial charge is 0.261 e. The highest BCUT2D eigenvalue weighted by Crippen LogP contribution is 2.37. The minimum Gasteiger partial charge on any atom is -0.497 e. The molecule has 1 saturated heterocycles. The van der Waals surface area contributed by atoms with Crippen LogP contribution in [0.5, 0.6) is 11.5 Å². The Morgan fingerprint density at radius 2 is 2.00 bits per heavy atom. The van der Waals surface area contributed by atoms with Crippen LogP contribution in [-0.4, -0.2) is 57.1 Å². The molecule has 0 radical (unpaired) electrons. The Hall–Kier alpha value is -3.17. The number of rotatable bonds is 8. The predicted octanol–water partition coefficient (Wildman–Crippen LogP) is 3.26. The summed E-state index contributed by atoms with van der Waals surface area (Å²) in [7, 11) is 4.77. The molecule has 2 aromatic carbocycles. The topological polar surface area (TPSA) is 77.9 Å². The summed E-state index contributed by atoms with van der Waals surface area (Å²) >= 11 is 0. The zero-order valence-corrected chi connectivity index (χ0v) is 19.1. The van der Waals surface area contributed by atoms with Gasteiger partial charge >= 0.3 is 0 Å². The average molecular weight is 457 g/mol. The van der Waals surface area contributed by atoms with E-state index in [-0.39, 0.29) is 17.4 Å². The number of hydrogen-bond donors (Lipinski definition) is 1. The molecule has 8 nitrogen and oxygen atoms in total. The van der Waals surface area contributed by atoms with E-state index >= 15 is 4.39 Å². The Balaban J connectivity index is 1.83. The molecule has 176 valence electrons. The van der Waals surface area contributed by atoms with E-state index in [4.69, 9.17) is 14.2 Å². The largest absolute Gasteiger partial charge is 0.497 e. The zero-order chi connectivity index (χ0) is 23.4. The molecule has 1 fully saturated rings. The number of methoxy groups -OCH3 is 2. The number of fused-ring (bicyclic) bond motifs is 1. The first-order valence-electron chi connectivity index (χ1n) is 11.0. The van der Waals surface area contributed by atoms with Gasteiger partial charge in [0.1, 0.15) is 5.75 Å². The SMILES string of the molecule is CNCCN(c1ccc2ncn(C3CCOCC3)c(=O)c2c1)c1cc(OC)cc(OC)c1F. The van der Waals surface area contributed by atoms with Gasteiger partial charge in [-0.2, -0.15) is 0 Å². The molecule has 1 aliphatic heterocycles. The van der Waals surface area contributed by atoms with Gasteiger partial charge in [-0.05, 0) is 38.1 Å². The maximum Gasteiger partial charge on any atom is 0.261 e. The molecule has 0 amide bonds. The number of hydrogen-bond acceptors (Lipinski definition) is 7. The number of likely N-dealkylation sites (N-methyl/N-ethyl adjacent to an activating group) is 1. The fourth-order valence-corrected chi connectivity index (χ4v) is 4.15. The monoisotopic (exact) mass is 456 g/mol. The lowest BCUT2D eigenvalue weighted by molar-refractivity contribution is 0.0685. The Bertz CT molecular complexity index is 1180. The van der Waals surface area contributed by atoms with Gasteiger partial charge in [0, 0.05) is 50.2 Å². The summed E-state index contributed by atoms with van der Waals surface area (Å²) < 4.78 is 33.0. The van der Waals surface area contributed by atoms with E-state index in [1.807, 2.05) is 18.0 Å². The third-order valence-electron chi connectivity index (χ3n) is 5.99. The number of anilines is 2. The van der Waals surface area contributed by atoms with Crippen LogP contribution in [0.4, 0.5) is 15.8 Å². The van der Waals surface area contributed by atoms with E-state index in [0.717, 1.165) is 12.8 Å². The molecule has 0 aliphatic carbocycles. The van der Waals surface area contributed by atoms with Crippen molar-refractivity contribution < 1.29 is 18.6 Å². The highest BCUT2D eigenvalue weighted by atomic mass is 19.1. The van der Waals surface area contributed by atoms with E-state index in [9.17, 15) is 4.79 Å². The Morgan fingerprint density at radius 3 is 2.70 bits per heavy atom. The van der Waals surface area contributed by atoms with Crippen molar-refractivity contribution in [3.05, 3.63) is 52.8 Å². The van der Waals surface area contributed by atoms with Crippen molar-refractivity contribution in [3.8, 4) is 11.5 Å². The average Bonchev–Trinajstić information content (AvgIpc) is 2.86. The summed E-state index contributed by atoms with van der Waals surface area (Å²) in [4.78, 5) is 19.7. The Labute approximate surface area is 191 Å². The molecule has 1 aromatic heterocycles. The summed E-state index contributed by atoms with van der Waals surface area (Å²) in [5.74, 6) is 0.0606. The van der Waals surface area contributed by atoms with E-state index in [0.29, 0.717) is 54.3 Å². The molecule has 0 saturated carbocycles. The Kier molecular flexibility index (Phi) is 7.10. The molecule has 1 N–H and O–H groups in total. The lowest BCUT2D eigenvalue weighted by atomic mass is 10.1. The standard InChI is InChI=1S/C24H29FN4O4/c1-26-8-9-28(21-13-18(31-2)14-22(32-3)23(21)25)17-4-5-20-19(12-17)24(30)29(15-27-20)16-6-10-33-11-7-16/h4-5,12-16,26H,6-11H2,1-3H3. The van der Waals surface area contributed by atoms with Crippen LogP contribution in [0.15, 0.2) is 41.5 Å². The van der Waals surface area contributed by atoms with Gasteiger partial charge < -0.3 is 24.4 Å². The van der Waals surface area contributed by atoms with Crippen LogP contribution in [-0.2, 0) is 4.74 Å². The second-order valence-electron chi connectivity index (χ2n) is 7.92. The first-order valence-corrected chi connectivity index (χ1v) is 11.0. The second kappa shape index (κ2) is 10.2. The summed E-state index contributed by atoms with van der Waals surface area (Å²) in [5, 5.41) is 3.59. The van der Waals surface area contributed by atoms with Gasteiger partial charge in [-0.25, -0.2) is 9.37 Å². The molecular formula is C24H29FN4O4. The van der Waals surface area contributed by atoms with Gasteiger partial charge in [-0.3, -0.25) is 9.36 Å². The van der Waals surface area contributed by atoms with E-state index < -0.39 is 5.82 Å². The van der Waals surface area contributed by atoms with Crippen molar-refractivity contribution in [2.24, 2.45) is 0 Å². The number of nitrogens with one attached hydrogen (secondary N) is 1. The van der Waals surface area contributed by atoms with Crippen LogP contribution in [0.25, 0.3) is 10.9 Å². The summed E-state index contributed by atoms with van der Waals surface area (Å²) in [6, 6.07) is 8.61. The predicted molar refractivity (Wildman–Crippen MR) is 126 cm³/mol. The minimum atomic E-state index is -0.500. The van der Waals surface area contributed by atoms with E-state index in [2.05, 4.69) is 10.3 Å². The zero-order valence-electron chi connectivity index (χ0n) is 19.1. The molecule has 3 aromatic rings. The van der Waals surface area contributed by atoms with E-state index in [1.54, 1.807) is 29.1 Å². The molecule has 0 atom stereocenters. The van der Waals surface area contributed by atoms with Crippen LogP contribution in [0.2, 0.25) is 0 Å². The van der Waals surface area contributed by atoms with Crippen LogP contribution >= 0.6 is 0 Å². The lowest BCUT2D eigenvalue weighted by Crippen LogP contribution is -2.30. The lowest BCUT2D eigenvalue weighted by Gasteiger charge is -2.27. The number of nitrogens with zero attached hydrogens (tertiary/aromatic N) is 3. The van der Waals surface area contributed by atoms with Crippen molar-refractivity contribution in [1.29, 1.82) is 0 Å². The molecule has 0 unspecified atom stereocenters. The number of benzene rings is 2. The normalized spacial score (nSPS) is 14.4. The van der Waals surface area contributed by atoms with Crippen molar-refractivity contribution in [3.63, 3.8) is 0 Å². The molecule has 0 bridgehead atoms. The van der Waals surface area contributed by atoms with Crippen LogP contribution < -0.4 is 25.2 Å². The van der Waals surface area contributed by atoms with Gasteiger partial charge in [0.05, 0.1) is 37.1 Å². The van der Waals surface area contributed by atoms with Crippen LogP contribution in [0.1, 0.15) is 18.9 Å².